The minimum atomic E-state index is -3.82. The van der Waals surface area contributed by atoms with Crippen molar-refractivity contribution in [3.8, 4) is 5.75 Å². The van der Waals surface area contributed by atoms with E-state index < -0.39 is 23.3 Å². The lowest BCUT2D eigenvalue weighted by atomic mass is 10.1. The van der Waals surface area contributed by atoms with Crippen LogP contribution in [0.4, 0.5) is 17.6 Å². The second kappa shape index (κ2) is 6.75. The van der Waals surface area contributed by atoms with E-state index in [9.17, 15) is 17.6 Å². The van der Waals surface area contributed by atoms with Crippen molar-refractivity contribution in [3.05, 3.63) is 77.4 Å². The smallest absolute Gasteiger partial charge is 0.429 e. The van der Waals surface area contributed by atoms with Crippen molar-refractivity contribution in [2.24, 2.45) is 0 Å². The minimum Gasteiger partial charge on any atom is -0.429 e. The molecule has 0 saturated carbocycles. The van der Waals surface area contributed by atoms with E-state index in [4.69, 9.17) is 4.74 Å². The molecule has 0 aromatic heterocycles. The number of hydrogen-bond acceptors (Lipinski definition) is 1. The highest BCUT2D eigenvalue weighted by Crippen LogP contribution is 2.34. The molecule has 0 fully saturated rings. The predicted octanol–water partition coefficient (Wildman–Crippen LogP) is 6.20. The number of ether oxygens (including phenoxy) is 1. The molecule has 3 rings (SSSR count). The van der Waals surface area contributed by atoms with Gasteiger partial charge in [-0.25, -0.2) is 8.78 Å². The highest BCUT2D eigenvalue weighted by atomic mass is 19.3. The first-order chi connectivity index (χ1) is 11.9. The molecule has 0 N–H and O–H groups in total. The molecular formula is C20H16F4O. The number of benzene rings is 3. The highest BCUT2D eigenvalue weighted by Gasteiger charge is 2.37. The first-order valence-electron chi connectivity index (χ1n) is 7.94. The average molecular weight is 348 g/mol. The summed E-state index contributed by atoms with van der Waals surface area (Å²) in [4.78, 5) is 0. The summed E-state index contributed by atoms with van der Waals surface area (Å²) in [6, 6.07) is 11.8. The van der Waals surface area contributed by atoms with Crippen LogP contribution in [0.1, 0.15) is 24.5 Å². The van der Waals surface area contributed by atoms with Crippen LogP contribution < -0.4 is 4.74 Å². The third-order valence-corrected chi connectivity index (χ3v) is 3.91. The van der Waals surface area contributed by atoms with Gasteiger partial charge in [0.2, 0.25) is 0 Å². The second-order valence-electron chi connectivity index (χ2n) is 5.84. The fourth-order valence-electron chi connectivity index (χ4n) is 2.70. The minimum absolute atomic E-state index is 0.124. The Bertz CT molecular complexity index is 905. The monoisotopic (exact) mass is 348 g/mol. The Morgan fingerprint density at radius 3 is 2.32 bits per heavy atom. The van der Waals surface area contributed by atoms with Gasteiger partial charge in [-0.15, -0.1) is 0 Å². The van der Waals surface area contributed by atoms with E-state index in [2.05, 4.69) is 0 Å². The zero-order chi connectivity index (χ0) is 18.0. The SMILES string of the molecule is CCCc1ccc(C(F)(F)Oc2ccc3cc(F)ccc3c2)c(F)c1. The van der Waals surface area contributed by atoms with Gasteiger partial charge in [-0.2, -0.15) is 8.78 Å². The summed E-state index contributed by atoms with van der Waals surface area (Å²) in [7, 11) is 0. The topological polar surface area (TPSA) is 9.23 Å². The van der Waals surface area contributed by atoms with Crippen LogP contribution in [0.5, 0.6) is 5.75 Å². The van der Waals surface area contributed by atoms with Crippen molar-refractivity contribution in [3.63, 3.8) is 0 Å². The number of halogens is 4. The molecule has 3 aromatic rings. The van der Waals surface area contributed by atoms with E-state index in [-0.39, 0.29) is 5.75 Å². The van der Waals surface area contributed by atoms with Gasteiger partial charge < -0.3 is 4.74 Å². The van der Waals surface area contributed by atoms with E-state index >= 15 is 0 Å². The van der Waals surface area contributed by atoms with Gasteiger partial charge in [-0.05, 0) is 59.2 Å². The maximum atomic E-state index is 14.4. The highest BCUT2D eigenvalue weighted by molar-refractivity contribution is 5.83. The molecule has 0 radical (unpaired) electrons. The van der Waals surface area contributed by atoms with Crippen molar-refractivity contribution in [1.29, 1.82) is 0 Å². The Balaban J connectivity index is 1.89. The van der Waals surface area contributed by atoms with Gasteiger partial charge in [0.1, 0.15) is 17.4 Å². The van der Waals surface area contributed by atoms with Gasteiger partial charge in [0, 0.05) is 0 Å². The first kappa shape index (κ1) is 17.3. The standard InChI is InChI=1S/C20H16F4O/c1-2-3-13-4-9-18(19(22)10-13)20(23,24)25-17-8-6-14-11-16(21)7-5-15(14)12-17/h4-12H,2-3H2,1H3. The summed E-state index contributed by atoms with van der Waals surface area (Å²) < 4.78 is 60.7. The van der Waals surface area contributed by atoms with Crippen molar-refractivity contribution in [1.82, 2.24) is 0 Å². The normalized spacial score (nSPS) is 11.7. The molecule has 0 saturated heterocycles. The lowest BCUT2D eigenvalue weighted by molar-refractivity contribution is -0.187. The van der Waals surface area contributed by atoms with E-state index in [1.54, 1.807) is 0 Å². The molecule has 0 aliphatic heterocycles. The van der Waals surface area contributed by atoms with Crippen LogP contribution in [0.15, 0.2) is 54.6 Å². The van der Waals surface area contributed by atoms with Gasteiger partial charge in [-0.3, -0.25) is 0 Å². The molecular weight excluding hydrogens is 332 g/mol. The van der Waals surface area contributed by atoms with Crippen molar-refractivity contribution in [2.45, 2.75) is 25.9 Å². The van der Waals surface area contributed by atoms with Gasteiger partial charge in [0.05, 0.1) is 5.56 Å². The van der Waals surface area contributed by atoms with Crippen molar-refractivity contribution >= 4 is 10.8 Å². The molecule has 1 nitrogen and oxygen atoms in total. The van der Waals surface area contributed by atoms with Gasteiger partial charge in [0.25, 0.3) is 0 Å². The lowest BCUT2D eigenvalue weighted by Crippen LogP contribution is -2.23. The largest absolute Gasteiger partial charge is 0.429 e. The Hall–Kier alpha value is -2.56. The molecule has 3 aromatic carbocycles. The van der Waals surface area contributed by atoms with Gasteiger partial charge in [0.15, 0.2) is 0 Å². The Morgan fingerprint density at radius 1 is 0.880 bits per heavy atom. The third kappa shape index (κ3) is 3.76. The summed E-state index contributed by atoms with van der Waals surface area (Å²) in [5.41, 5.74) is -0.154. The molecule has 0 unspecified atom stereocenters. The molecule has 0 bridgehead atoms. The van der Waals surface area contributed by atoms with Crippen molar-refractivity contribution in [2.75, 3.05) is 0 Å². The zero-order valence-corrected chi connectivity index (χ0v) is 13.5. The molecule has 25 heavy (non-hydrogen) atoms. The van der Waals surface area contributed by atoms with E-state index in [1.807, 2.05) is 6.92 Å². The molecule has 0 aliphatic carbocycles. The molecule has 0 atom stereocenters. The molecule has 0 spiro atoms. The predicted molar refractivity (Wildman–Crippen MR) is 88.8 cm³/mol. The fourth-order valence-corrected chi connectivity index (χ4v) is 2.70. The summed E-state index contributed by atoms with van der Waals surface area (Å²) in [5, 5.41) is 1.11. The van der Waals surface area contributed by atoms with Gasteiger partial charge >= 0.3 is 6.11 Å². The van der Waals surface area contributed by atoms with Crippen LogP contribution in [-0.4, -0.2) is 0 Å². The maximum absolute atomic E-state index is 14.4. The number of rotatable bonds is 5. The van der Waals surface area contributed by atoms with Crippen LogP contribution in [0.25, 0.3) is 10.8 Å². The molecule has 130 valence electrons. The van der Waals surface area contributed by atoms with E-state index in [1.165, 1.54) is 42.5 Å². The van der Waals surface area contributed by atoms with E-state index in [0.717, 1.165) is 18.6 Å². The number of alkyl halides is 2. The zero-order valence-electron chi connectivity index (χ0n) is 13.5. The van der Waals surface area contributed by atoms with Crippen LogP contribution in [0, 0.1) is 11.6 Å². The van der Waals surface area contributed by atoms with Crippen LogP contribution in [0.2, 0.25) is 0 Å². The summed E-state index contributed by atoms with van der Waals surface area (Å²) >= 11 is 0. The molecule has 0 amide bonds. The quantitative estimate of drug-likeness (QED) is 0.499. The lowest BCUT2D eigenvalue weighted by Gasteiger charge is -2.19. The van der Waals surface area contributed by atoms with Gasteiger partial charge in [-0.1, -0.05) is 31.5 Å². The third-order valence-electron chi connectivity index (χ3n) is 3.91. The Kier molecular flexibility index (Phi) is 4.66. The first-order valence-corrected chi connectivity index (χ1v) is 7.94. The van der Waals surface area contributed by atoms with Crippen molar-refractivity contribution < 1.29 is 22.3 Å². The summed E-state index contributed by atoms with van der Waals surface area (Å²) in [6.07, 6.45) is -2.41. The maximum Gasteiger partial charge on any atom is 0.429 e. The second-order valence-corrected chi connectivity index (χ2v) is 5.84. The van der Waals surface area contributed by atoms with Crippen LogP contribution >= 0.6 is 0 Å². The number of aryl methyl sites for hydroxylation is 1. The van der Waals surface area contributed by atoms with Crippen LogP contribution in [-0.2, 0) is 12.5 Å². The van der Waals surface area contributed by atoms with Crippen LogP contribution in [0.3, 0.4) is 0 Å². The summed E-state index contributed by atoms with van der Waals surface area (Å²) in [6.45, 7) is 1.93. The Labute approximate surface area is 142 Å². The number of hydrogen-bond donors (Lipinski definition) is 0. The molecule has 0 heterocycles. The fraction of sp³-hybridized carbons (Fsp3) is 0.200. The summed E-state index contributed by atoms with van der Waals surface area (Å²) in [5.74, 6) is -1.54. The Morgan fingerprint density at radius 2 is 1.60 bits per heavy atom. The average Bonchev–Trinajstić information content (AvgIpc) is 2.55. The molecule has 5 heteroatoms. The van der Waals surface area contributed by atoms with E-state index in [0.29, 0.717) is 22.8 Å². The number of fused-ring (bicyclic) bond motifs is 1. The molecule has 0 aliphatic rings.